The molecule has 4 nitrogen and oxygen atoms in total. The summed E-state index contributed by atoms with van der Waals surface area (Å²) in [5.41, 5.74) is -0.200. The first-order chi connectivity index (χ1) is 10.6. The maximum Gasteiger partial charge on any atom is 1.00 e. The van der Waals surface area contributed by atoms with Crippen LogP contribution in [0.4, 0.5) is 0 Å². The van der Waals surface area contributed by atoms with Gasteiger partial charge < -0.3 is 23.0 Å². The number of rotatable bonds is 11. The van der Waals surface area contributed by atoms with Crippen molar-refractivity contribution in [3.63, 3.8) is 0 Å². The average molecular weight is 367 g/mol. The Morgan fingerprint density at radius 3 is 1.96 bits per heavy atom. The summed E-state index contributed by atoms with van der Waals surface area (Å²) in [5, 5.41) is 6.41. The topological polar surface area (TPSA) is 44.4 Å². The molecular formula is C19H41KN3O-. The van der Waals surface area contributed by atoms with Crippen molar-refractivity contribution in [3.8, 4) is 0 Å². The zero-order valence-corrected chi connectivity index (χ0v) is 20.5. The molecule has 0 atom stereocenters. The molecule has 0 aromatic rings. The van der Waals surface area contributed by atoms with Gasteiger partial charge in [-0.25, -0.2) is 0 Å². The van der Waals surface area contributed by atoms with Crippen LogP contribution in [0.5, 0.6) is 0 Å². The van der Waals surface area contributed by atoms with Crippen molar-refractivity contribution in [1.29, 1.82) is 0 Å². The quantitative estimate of drug-likeness (QED) is 0.321. The van der Waals surface area contributed by atoms with E-state index in [0.717, 1.165) is 39.1 Å². The fourth-order valence-electron chi connectivity index (χ4n) is 2.76. The number of unbranched alkanes of at least 4 members (excludes halogenated alkanes) is 5. The normalized spacial score (nSPS) is 15.0. The van der Waals surface area contributed by atoms with Gasteiger partial charge in [0.05, 0.1) is 5.41 Å². The van der Waals surface area contributed by atoms with Gasteiger partial charge in [-0.05, 0) is 45.9 Å². The molecule has 2 N–H and O–H groups in total. The van der Waals surface area contributed by atoms with Crippen LogP contribution in [0.3, 0.4) is 0 Å². The van der Waals surface area contributed by atoms with Gasteiger partial charge in [-0.15, -0.1) is 0 Å². The monoisotopic (exact) mass is 366 g/mol. The number of nitrogens with zero attached hydrogens (tertiary/aromatic N) is 1. The van der Waals surface area contributed by atoms with E-state index in [9.17, 15) is 4.79 Å². The van der Waals surface area contributed by atoms with Crippen LogP contribution in [0.15, 0.2) is 0 Å². The van der Waals surface area contributed by atoms with Gasteiger partial charge in [0.1, 0.15) is 0 Å². The molecule has 0 aliphatic carbocycles. The average Bonchev–Trinajstić information content (AvgIpc) is 2.49. The molecule has 0 aromatic heterocycles. The molecule has 1 heterocycles. The van der Waals surface area contributed by atoms with Gasteiger partial charge >= 0.3 is 51.4 Å². The first kappa shape index (κ1) is 29.8. The largest absolute Gasteiger partial charge is 1.00 e. The summed E-state index contributed by atoms with van der Waals surface area (Å²) in [4.78, 5) is 13.9. The Morgan fingerprint density at radius 2 is 1.50 bits per heavy atom. The van der Waals surface area contributed by atoms with Crippen molar-refractivity contribution in [2.75, 3.05) is 32.7 Å². The van der Waals surface area contributed by atoms with Crippen LogP contribution in [-0.4, -0.2) is 43.5 Å². The molecule has 1 saturated heterocycles. The Bertz CT molecular complexity index is 282. The van der Waals surface area contributed by atoms with E-state index in [0.29, 0.717) is 0 Å². The van der Waals surface area contributed by atoms with Gasteiger partial charge in [-0.1, -0.05) is 46.5 Å². The number of hydrogen-bond donors (Lipinski definition) is 2. The van der Waals surface area contributed by atoms with E-state index < -0.39 is 0 Å². The summed E-state index contributed by atoms with van der Waals surface area (Å²) >= 11 is 0. The molecule has 140 valence electrons. The summed E-state index contributed by atoms with van der Waals surface area (Å²) in [6, 6.07) is 0. The third kappa shape index (κ3) is 13.3. The Balaban J connectivity index is -0.00000106. The van der Waals surface area contributed by atoms with Crippen LogP contribution in [0.1, 0.15) is 66.2 Å². The van der Waals surface area contributed by atoms with E-state index in [-0.39, 0.29) is 70.1 Å². The third-order valence-corrected chi connectivity index (χ3v) is 4.01. The molecule has 1 fully saturated rings. The molecule has 24 heavy (non-hydrogen) atoms. The van der Waals surface area contributed by atoms with E-state index in [2.05, 4.69) is 24.6 Å². The second-order valence-electron chi connectivity index (χ2n) is 6.28. The molecule has 0 saturated carbocycles. The van der Waals surface area contributed by atoms with Gasteiger partial charge in [0.15, 0.2) is 0 Å². The predicted octanol–water partition coefficient (Wildman–Crippen LogP) is 0.647. The van der Waals surface area contributed by atoms with Crippen LogP contribution in [0.25, 0.3) is 0 Å². The molecule has 0 spiro atoms. The Kier molecular flexibility index (Phi) is 23.3. The SMILES string of the molecule is CC.[CH2-]N1CC(C)(C(=O)NCCCCCCCCNCC)C1.[CH3-].[K+]. The van der Waals surface area contributed by atoms with E-state index >= 15 is 0 Å². The summed E-state index contributed by atoms with van der Waals surface area (Å²) in [6.07, 6.45) is 7.52. The van der Waals surface area contributed by atoms with E-state index in [1.54, 1.807) is 0 Å². The van der Waals surface area contributed by atoms with Gasteiger partial charge in [0.2, 0.25) is 5.91 Å². The van der Waals surface area contributed by atoms with Crippen molar-refractivity contribution in [3.05, 3.63) is 14.5 Å². The van der Waals surface area contributed by atoms with E-state index in [1.165, 1.54) is 32.1 Å². The molecule has 1 rings (SSSR count). The summed E-state index contributed by atoms with van der Waals surface area (Å²) in [5.74, 6) is 0.197. The molecule has 1 aliphatic heterocycles. The fourth-order valence-corrected chi connectivity index (χ4v) is 2.76. The van der Waals surface area contributed by atoms with Crippen LogP contribution >= 0.6 is 0 Å². The number of hydrogen-bond acceptors (Lipinski definition) is 3. The molecule has 1 aliphatic rings. The second kappa shape index (κ2) is 18.8. The number of likely N-dealkylation sites (tertiary alicyclic amines) is 1. The summed E-state index contributed by atoms with van der Waals surface area (Å²) < 4.78 is 0. The minimum absolute atomic E-state index is 0. The van der Waals surface area contributed by atoms with Crippen molar-refractivity contribution in [2.24, 2.45) is 5.41 Å². The first-order valence-corrected chi connectivity index (χ1v) is 9.13. The molecule has 5 heteroatoms. The molecule has 0 unspecified atom stereocenters. The first-order valence-electron chi connectivity index (χ1n) is 9.13. The number of amides is 1. The van der Waals surface area contributed by atoms with Gasteiger partial charge in [0, 0.05) is 6.54 Å². The van der Waals surface area contributed by atoms with E-state index in [4.69, 9.17) is 0 Å². The number of carbonyl (C=O) groups excluding carboxylic acids is 1. The Labute approximate surface area is 194 Å². The minimum Gasteiger partial charge on any atom is -0.457 e. The zero-order chi connectivity index (χ0) is 16.8. The second-order valence-corrected chi connectivity index (χ2v) is 6.28. The smallest absolute Gasteiger partial charge is 0.457 e. The van der Waals surface area contributed by atoms with Crippen LogP contribution in [-0.2, 0) is 4.79 Å². The number of nitrogens with one attached hydrogen (secondary N) is 2. The Morgan fingerprint density at radius 1 is 1.04 bits per heavy atom. The van der Waals surface area contributed by atoms with Crippen molar-refractivity contribution in [2.45, 2.75) is 66.2 Å². The number of carbonyl (C=O) groups is 1. The van der Waals surface area contributed by atoms with Crippen molar-refractivity contribution >= 4 is 5.91 Å². The van der Waals surface area contributed by atoms with Crippen LogP contribution < -0.4 is 62.0 Å². The molecule has 0 radical (unpaired) electrons. The van der Waals surface area contributed by atoms with Crippen LogP contribution in [0.2, 0.25) is 0 Å². The maximum absolute atomic E-state index is 12.0. The fraction of sp³-hybridized carbons (Fsp3) is 0.842. The summed E-state index contributed by atoms with van der Waals surface area (Å²) in [7, 11) is 3.83. The standard InChI is InChI=1S/C16H32N3O.C2H6.CH3.K/c1-4-17-11-9-7-5-6-8-10-12-18-15(20)16(2)13-19(3)14-16;1-2;;/h17H,3-14H2,1-2H3,(H,18,20);1-2H3;1H3;/q-1;;-1;+1. The molecule has 0 aromatic carbocycles. The minimum atomic E-state index is -0.200. The van der Waals surface area contributed by atoms with Crippen molar-refractivity contribution < 1.29 is 56.2 Å². The van der Waals surface area contributed by atoms with Crippen molar-refractivity contribution in [1.82, 2.24) is 15.5 Å². The predicted molar refractivity (Wildman–Crippen MR) is 102 cm³/mol. The summed E-state index contributed by atoms with van der Waals surface area (Å²) in [6.45, 7) is 12.8. The van der Waals surface area contributed by atoms with Gasteiger partial charge in [-0.2, -0.15) is 0 Å². The van der Waals surface area contributed by atoms with Gasteiger partial charge in [-0.3, -0.25) is 11.8 Å². The van der Waals surface area contributed by atoms with Crippen LogP contribution in [0, 0.1) is 19.9 Å². The maximum atomic E-state index is 12.0. The van der Waals surface area contributed by atoms with Gasteiger partial charge in [0.25, 0.3) is 0 Å². The third-order valence-electron chi connectivity index (χ3n) is 4.01. The molecule has 0 bridgehead atoms. The van der Waals surface area contributed by atoms with E-state index in [1.807, 2.05) is 25.7 Å². The Hall–Kier alpha value is 1.03. The molecule has 1 amide bonds. The zero-order valence-electron chi connectivity index (χ0n) is 17.3. The molecular weight excluding hydrogens is 325 g/mol.